The van der Waals surface area contributed by atoms with Crippen LogP contribution >= 0.6 is 12.4 Å². The summed E-state index contributed by atoms with van der Waals surface area (Å²) in [6.45, 7) is 2.50. The Bertz CT molecular complexity index is 917. The molecule has 0 aliphatic carbocycles. The van der Waals surface area contributed by atoms with Crippen LogP contribution in [0.15, 0.2) is 36.5 Å². The summed E-state index contributed by atoms with van der Waals surface area (Å²) in [7, 11) is 1.78. The van der Waals surface area contributed by atoms with E-state index in [1.165, 1.54) is 0 Å². The first-order chi connectivity index (χ1) is 13.2. The number of aryl methyl sites for hydroxylation is 1. The zero-order valence-electron chi connectivity index (χ0n) is 15.6. The minimum Gasteiger partial charge on any atom is -0.317 e. The topological polar surface area (TPSA) is 103 Å². The van der Waals surface area contributed by atoms with Crippen LogP contribution in [-0.2, 0) is 13.6 Å². The quantitative estimate of drug-likeness (QED) is 0.672. The number of nitrogens with one attached hydrogen (secondary N) is 2. The molecule has 1 aliphatic rings. The lowest BCUT2D eigenvalue weighted by Crippen LogP contribution is -2.27. The molecule has 1 aromatic carbocycles. The van der Waals surface area contributed by atoms with Gasteiger partial charge in [-0.15, -0.1) is 17.5 Å². The summed E-state index contributed by atoms with van der Waals surface area (Å²) in [4.78, 5) is 17.0. The molecular formula is C18H23ClN8O. The number of aromatic nitrogens is 6. The molecule has 28 heavy (non-hydrogen) atoms. The van der Waals surface area contributed by atoms with Crippen molar-refractivity contribution in [3.05, 3.63) is 53.6 Å². The number of piperidine rings is 1. The minimum absolute atomic E-state index is 0. The highest BCUT2D eigenvalue weighted by Gasteiger charge is 2.22. The maximum atomic E-state index is 12.5. The van der Waals surface area contributed by atoms with Gasteiger partial charge in [0.1, 0.15) is 0 Å². The van der Waals surface area contributed by atoms with Gasteiger partial charge in [-0.05, 0) is 31.5 Å². The summed E-state index contributed by atoms with van der Waals surface area (Å²) in [5.74, 6) is 1.18. The van der Waals surface area contributed by atoms with Gasteiger partial charge in [-0.1, -0.05) is 35.5 Å². The summed E-state index contributed by atoms with van der Waals surface area (Å²) in [5, 5.41) is 18.6. The SMILES string of the molecule is Cl.Cn1nc(C2CCNCC2)nc1NC(=O)c1cn(Cc2ccccc2)nn1. The number of rotatable bonds is 5. The predicted molar refractivity (Wildman–Crippen MR) is 107 cm³/mol. The number of hydrogen-bond acceptors (Lipinski definition) is 6. The third-order valence-corrected chi connectivity index (χ3v) is 4.67. The van der Waals surface area contributed by atoms with Crippen molar-refractivity contribution in [3.8, 4) is 0 Å². The minimum atomic E-state index is -0.346. The molecule has 3 aromatic rings. The Morgan fingerprint density at radius 3 is 2.75 bits per heavy atom. The van der Waals surface area contributed by atoms with E-state index in [2.05, 4.69) is 31.0 Å². The second-order valence-corrected chi connectivity index (χ2v) is 6.68. The fraction of sp³-hybridized carbons (Fsp3) is 0.389. The fourth-order valence-corrected chi connectivity index (χ4v) is 3.18. The first kappa shape index (κ1) is 20.0. The molecule has 1 fully saturated rings. The highest BCUT2D eigenvalue weighted by Crippen LogP contribution is 2.23. The molecule has 2 aromatic heterocycles. The molecule has 0 radical (unpaired) electrons. The predicted octanol–water partition coefficient (Wildman–Crippen LogP) is 1.60. The van der Waals surface area contributed by atoms with Gasteiger partial charge in [-0.3, -0.25) is 10.1 Å². The number of halogens is 1. The Balaban J connectivity index is 0.00000225. The summed E-state index contributed by atoms with van der Waals surface area (Å²) < 4.78 is 3.24. The van der Waals surface area contributed by atoms with Gasteiger partial charge in [-0.2, -0.15) is 10.1 Å². The van der Waals surface area contributed by atoms with Gasteiger partial charge in [-0.25, -0.2) is 9.36 Å². The van der Waals surface area contributed by atoms with Gasteiger partial charge in [0.25, 0.3) is 5.91 Å². The number of nitrogens with zero attached hydrogens (tertiary/aromatic N) is 6. The van der Waals surface area contributed by atoms with Gasteiger partial charge in [0.05, 0.1) is 12.7 Å². The van der Waals surface area contributed by atoms with E-state index in [-0.39, 0.29) is 24.0 Å². The smallest absolute Gasteiger partial charge is 0.280 e. The Kier molecular flexibility index (Phi) is 6.37. The van der Waals surface area contributed by atoms with E-state index in [4.69, 9.17) is 0 Å². The van der Waals surface area contributed by atoms with Crippen molar-refractivity contribution in [2.45, 2.75) is 25.3 Å². The zero-order valence-corrected chi connectivity index (χ0v) is 16.4. The lowest BCUT2D eigenvalue weighted by Gasteiger charge is -2.19. The van der Waals surface area contributed by atoms with E-state index in [1.54, 1.807) is 22.6 Å². The third kappa shape index (κ3) is 4.55. The Hall–Kier alpha value is -2.78. The molecule has 1 saturated heterocycles. The molecular weight excluding hydrogens is 380 g/mol. The number of carbonyl (C=O) groups is 1. The highest BCUT2D eigenvalue weighted by molar-refractivity contribution is 6.01. The molecule has 148 valence electrons. The van der Waals surface area contributed by atoms with E-state index in [9.17, 15) is 4.79 Å². The normalized spacial score (nSPS) is 14.5. The lowest BCUT2D eigenvalue weighted by molar-refractivity contribution is 0.102. The average Bonchev–Trinajstić information content (AvgIpc) is 3.30. The Morgan fingerprint density at radius 1 is 1.25 bits per heavy atom. The largest absolute Gasteiger partial charge is 0.317 e. The van der Waals surface area contributed by atoms with Gasteiger partial charge in [0.15, 0.2) is 11.5 Å². The van der Waals surface area contributed by atoms with Crippen LogP contribution in [0.3, 0.4) is 0 Å². The van der Waals surface area contributed by atoms with Crippen LogP contribution in [0, 0.1) is 0 Å². The van der Waals surface area contributed by atoms with Crippen LogP contribution in [0.1, 0.15) is 40.6 Å². The second kappa shape index (κ2) is 8.94. The fourth-order valence-electron chi connectivity index (χ4n) is 3.18. The van der Waals surface area contributed by atoms with Crippen molar-refractivity contribution in [3.63, 3.8) is 0 Å². The maximum absolute atomic E-state index is 12.5. The average molecular weight is 403 g/mol. The van der Waals surface area contributed by atoms with Crippen LogP contribution in [-0.4, -0.2) is 48.8 Å². The molecule has 0 unspecified atom stereocenters. The molecule has 2 N–H and O–H groups in total. The first-order valence-electron chi connectivity index (χ1n) is 9.06. The number of carbonyl (C=O) groups excluding carboxylic acids is 1. The molecule has 0 saturated carbocycles. The number of benzene rings is 1. The summed E-state index contributed by atoms with van der Waals surface area (Å²) in [6.07, 6.45) is 3.64. The number of amides is 1. The van der Waals surface area contributed by atoms with E-state index >= 15 is 0 Å². The van der Waals surface area contributed by atoms with Crippen molar-refractivity contribution < 1.29 is 4.79 Å². The van der Waals surface area contributed by atoms with Crippen LogP contribution in [0.5, 0.6) is 0 Å². The van der Waals surface area contributed by atoms with Gasteiger partial charge >= 0.3 is 0 Å². The Morgan fingerprint density at radius 2 is 2.00 bits per heavy atom. The lowest BCUT2D eigenvalue weighted by atomic mass is 9.98. The monoisotopic (exact) mass is 402 g/mol. The summed E-state index contributed by atoms with van der Waals surface area (Å²) >= 11 is 0. The molecule has 0 atom stereocenters. The van der Waals surface area contributed by atoms with Gasteiger partial charge in [0.2, 0.25) is 5.95 Å². The van der Waals surface area contributed by atoms with Crippen molar-refractivity contribution in [1.29, 1.82) is 0 Å². The van der Waals surface area contributed by atoms with Gasteiger partial charge < -0.3 is 5.32 Å². The molecule has 9 nitrogen and oxygen atoms in total. The standard InChI is InChI=1S/C18H22N8O.ClH/c1-25-18(20-16(23-25)14-7-9-19-10-8-14)21-17(27)15-12-26(24-22-15)11-13-5-3-2-4-6-13;/h2-6,12,14,19H,7-11H2,1H3,(H,20,21,23,27);1H. The van der Waals surface area contributed by atoms with E-state index in [1.807, 2.05) is 30.3 Å². The summed E-state index contributed by atoms with van der Waals surface area (Å²) in [6, 6.07) is 9.90. The highest BCUT2D eigenvalue weighted by atomic mass is 35.5. The zero-order chi connectivity index (χ0) is 18.6. The van der Waals surface area contributed by atoms with Crippen molar-refractivity contribution in [2.24, 2.45) is 7.05 Å². The van der Waals surface area contributed by atoms with Crippen molar-refractivity contribution >= 4 is 24.3 Å². The molecule has 4 rings (SSSR count). The first-order valence-corrected chi connectivity index (χ1v) is 9.06. The maximum Gasteiger partial charge on any atom is 0.280 e. The second-order valence-electron chi connectivity index (χ2n) is 6.68. The van der Waals surface area contributed by atoms with Crippen LogP contribution in [0.4, 0.5) is 5.95 Å². The van der Waals surface area contributed by atoms with E-state index in [0.717, 1.165) is 37.3 Å². The molecule has 10 heteroatoms. The Labute approximate surface area is 168 Å². The summed E-state index contributed by atoms with van der Waals surface area (Å²) in [5.41, 5.74) is 1.34. The third-order valence-electron chi connectivity index (χ3n) is 4.67. The van der Waals surface area contributed by atoms with E-state index < -0.39 is 0 Å². The van der Waals surface area contributed by atoms with Crippen LogP contribution in [0.25, 0.3) is 0 Å². The molecule has 0 bridgehead atoms. The molecule has 3 heterocycles. The molecule has 1 amide bonds. The van der Waals surface area contributed by atoms with Crippen LogP contribution < -0.4 is 10.6 Å². The number of anilines is 1. The van der Waals surface area contributed by atoms with Crippen molar-refractivity contribution in [2.75, 3.05) is 18.4 Å². The van der Waals surface area contributed by atoms with Crippen molar-refractivity contribution in [1.82, 2.24) is 35.1 Å². The molecule has 1 aliphatic heterocycles. The van der Waals surface area contributed by atoms with E-state index in [0.29, 0.717) is 18.4 Å². The van der Waals surface area contributed by atoms with Gasteiger partial charge in [0, 0.05) is 13.0 Å². The van der Waals surface area contributed by atoms with Crippen LogP contribution in [0.2, 0.25) is 0 Å². The number of hydrogen-bond donors (Lipinski definition) is 2. The molecule has 0 spiro atoms.